The molecule has 1 saturated carbocycles. The van der Waals surface area contributed by atoms with Crippen LogP contribution in [0.3, 0.4) is 0 Å². The third-order valence-electron chi connectivity index (χ3n) is 3.08. The first kappa shape index (κ1) is 9.09. The van der Waals surface area contributed by atoms with E-state index in [2.05, 4.69) is 13.8 Å². The van der Waals surface area contributed by atoms with Crippen molar-refractivity contribution in [3.63, 3.8) is 0 Å². The van der Waals surface area contributed by atoms with Gasteiger partial charge in [0.1, 0.15) is 0 Å². The largest absolute Gasteiger partial charge is 0.0651 e. The molecule has 0 bridgehead atoms. The Morgan fingerprint density at radius 3 is 2.64 bits per heavy atom. The van der Waals surface area contributed by atoms with Crippen LogP contribution in [0.15, 0.2) is 0 Å². The van der Waals surface area contributed by atoms with Crippen LogP contribution in [0.2, 0.25) is 0 Å². The van der Waals surface area contributed by atoms with Crippen molar-refractivity contribution in [1.29, 1.82) is 0 Å². The molecule has 0 N–H and O–H groups in total. The van der Waals surface area contributed by atoms with Gasteiger partial charge in [-0.1, -0.05) is 52.4 Å². The third-order valence-corrected chi connectivity index (χ3v) is 3.08. The zero-order chi connectivity index (χ0) is 8.10. The van der Waals surface area contributed by atoms with Gasteiger partial charge in [0.25, 0.3) is 0 Å². The van der Waals surface area contributed by atoms with Crippen LogP contribution in [0.4, 0.5) is 0 Å². The molecular formula is C11H21. The van der Waals surface area contributed by atoms with E-state index in [1.807, 2.05) is 0 Å². The Bertz CT molecular complexity index is 94.2. The lowest BCUT2D eigenvalue weighted by Crippen LogP contribution is -2.14. The Labute approximate surface area is 71.4 Å². The van der Waals surface area contributed by atoms with Crippen LogP contribution in [0, 0.1) is 18.8 Å². The summed E-state index contributed by atoms with van der Waals surface area (Å²) in [4.78, 5) is 0. The first-order valence-corrected chi connectivity index (χ1v) is 5.16. The molecule has 0 nitrogen and oxygen atoms in total. The van der Waals surface area contributed by atoms with Crippen molar-refractivity contribution >= 4 is 0 Å². The summed E-state index contributed by atoms with van der Waals surface area (Å²) in [6.45, 7) is 6.26. The normalized spacial score (nSPS) is 32.2. The van der Waals surface area contributed by atoms with E-state index in [1.165, 1.54) is 38.5 Å². The summed E-state index contributed by atoms with van der Waals surface area (Å²) >= 11 is 0. The number of hydrogen-bond donors (Lipinski definition) is 0. The summed E-state index contributed by atoms with van der Waals surface area (Å²) < 4.78 is 0. The van der Waals surface area contributed by atoms with Gasteiger partial charge in [-0.2, -0.15) is 0 Å². The Morgan fingerprint density at radius 2 is 2.00 bits per heavy atom. The molecule has 65 valence electrons. The zero-order valence-corrected chi connectivity index (χ0v) is 7.81. The molecule has 0 spiro atoms. The predicted octanol–water partition coefficient (Wildman–Crippen LogP) is 3.82. The van der Waals surface area contributed by atoms with Gasteiger partial charge >= 0.3 is 0 Å². The lowest BCUT2D eigenvalue weighted by Gasteiger charge is -2.27. The fourth-order valence-electron chi connectivity index (χ4n) is 2.32. The number of hydrogen-bond acceptors (Lipinski definition) is 0. The van der Waals surface area contributed by atoms with Gasteiger partial charge in [-0.25, -0.2) is 0 Å². The van der Waals surface area contributed by atoms with E-state index in [0.29, 0.717) is 0 Å². The highest BCUT2D eigenvalue weighted by Crippen LogP contribution is 2.33. The summed E-state index contributed by atoms with van der Waals surface area (Å²) in [6.07, 6.45) is 9.84. The molecule has 1 aliphatic carbocycles. The molecule has 0 saturated heterocycles. The SMILES string of the molecule is [CH2]CCC1CCCC(CC)C1. The van der Waals surface area contributed by atoms with E-state index in [0.717, 1.165) is 18.3 Å². The van der Waals surface area contributed by atoms with Crippen LogP contribution in [0.25, 0.3) is 0 Å². The molecule has 0 aromatic carbocycles. The fourth-order valence-corrected chi connectivity index (χ4v) is 2.32. The second kappa shape index (κ2) is 4.79. The molecule has 2 atom stereocenters. The van der Waals surface area contributed by atoms with Crippen molar-refractivity contribution < 1.29 is 0 Å². The lowest BCUT2D eigenvalue weighted by molar-refractivity contribution is 0.250. The van der Waals surface area contributed by atoms with Gasteiger partial charge in [0, 0.05) is 0 Å². The van der Waals surface area contributed by atoms with Crippen molar-refractivity contribution in [1.82, 2.24) is 0 Å². The van der Waals surface area contributed by atoms with Crippen LogP contribution in [0.5, 0.6) is 0 Å². The molecule has 2 unspecified atom stereocenters. The monoisotopic (exact) mass is 153 g/mol. The lowest BCUT2D eigenvalue weighted by atomic mass is 9.78. The Balaban J connectivity index is 2.21. The van der Waals surface area contributed by atoms with Gasteiger partial charge in [-0.05, 0) is 18.3 Å². The zero-order valence-electron chi connectivity index (χ0n) is 7.81. The van der Waals surface area contributed by atoms with Crippen molar-refractivity contribution in [3.8, 4) is 0 Å². The maximum atomic E-state index is 3.93. The topological polar surface area (TPSA) is 0 Å². The van der Waals surface area contributed by atoms with Gasteiger partial charge in [0.15, 0.2) is 0 Å². The molecule has 11 heavy (non-hydrogen) atoms. The van der Waals surface area contributed by atoms with E-state index in [-0.39, 0.29) is 0 Å². The molecule has 0 amide bonds. The van der Waals surface area contributed by atoms with Crippen LogP contribution in [0.1, 0.15) is 51.9 Å². The average molecular weight is 153 g/mol. The Morgan fingerprint density at radius 1 is 1.27 bits per heavy atom. The molecule has 0 aromatic heterocycles. The summed E-state index contributed by atoms with van der Waals surface area (Å²) in [5.74, 6) is 2.06. The van der Waals surface area contributed by atoms with Crippen LogP contribution in [-0.4, -0.2) is 0 Å². The minimum Gasteiger partial charge on any atom is -0.0651 e. The standard InChI is InChI=1S/C11H21/c1-3-6-11-8-5-7-10(4-2)9-11/h10-11H,1,3-9H2,2H3. The van der Waals surface area contributed by atoms with E-state index in [4.69, 9.17) is 0 Å². The van der Waals surface area contributed by atoms with E-state index in [9.17, 15) is 0 Å². The van der Waals surface area contributed by atoms with Crippen molar-refractivity contribution in [3.05, 3.63) is 6.92 Å². The molecule has 1 radical (unpaired) electrons. The Kier molecular flexibility index (Phi) is 3.96. The van der Waals surface area contributed by atoms with Gasteiger partial charge in [0.05, 0.1) is 0 Å². The summed E-state index contributed by atoms with van der Waals surface area (Å²) in [7, 11) is 0. The first-order valence-electron chi connectivity index (χ1n) is 5.16. The molecule has 0 heteroatoms. The Hall–Kier alpha value is 0. The van der Waals surface area contributed by atoms with Crippen LogP contribution >= 0.6 is 0 Å². The van der Waals surface area contributed by atoms with Gasteiger partial charge in [-0.3, -0.25) is 0 Å². The molecule has 1 aliphatic rings. The van der Waals surface area contributed by atoms with Crippen LogP contribution in [-0.2, 0) is 0 Å². The average Bonchev–Trinajstić information content (AvgIpc) is 2.06. The fraction of sp³-hybridized carbons (Fsp3) is 0.909. The summed E-state index contributed by atoms with van der Waals surface area (Å²) in [5, 5.41) is 0. The van der Waals surface area contributed by atoms with Gasteiger partial charge < -0.3 is 0 Å². The van der Waals surface area contributed by atoms with E-state index in [1.54, 1.807) is 0 Å². The summed E-state index contributed by atoms with van der Waals surface area (Å²) in [6, 6.07) is 0. The maximum Gasteiger partial charge on any atom is -0.0412 e. The second-order valence-electron chi connectivity index (χ2n) is 3.95. The summed E-state index contributed by atoms with van der Waals surface area (Å²) in [5.41, 5.74) is 0. The van der Waals surface area contributed by atoms with Crippen LogP contribution < -0.4 is 0 Å². The molecule has 1 rings (SSSR count). The minimum atomic E-state index is 1.02. The van der Waals surface area contributed by atoms with E-state index >= 15 is 0 Å². The molecule has 1 fully saturated rings. The number of rotatable bonds is 3. The molecule has 0 aromatic rings. The van der Waals surface area contributed by atoms with Crippen molar-refractivity contribution in [2.24, 2.45) is 11.8 Å². The smallest absolute Gasteiger partial charge is 0.0412 e. The highest BCUT2D eigenvalue weighted by atomic mass is 14.2. The molecular weight excluding hydrogens is 132 g/mol. The first-order chi connectivity index (χ1) is 5.36. The van der Waals surface area contributed by atoms with Crippen molar-refractivity contribution in [2.75, 3.05) is 0 Å². The molecule has 0 aliphatic heterocycles. The maximum absolute atomic E-state index is 3.93. The minimum absolute atomic E-state index is 1.02. The third kappa shape index (κ3) is 2.84. The van der Waals surface area contributed by atoms with Gasteiger partial charge in [-0.15, -0.1) is 0 Å². The molecule has 0 heterocycles. The highest BCUT2D eigenvalue weighted by Gasteiger charge is 2.19. The second-order valence-corrected chi connectivity index (χ2v) is 3.95. The van der Waals surface area contributed by atoms with Crippen molar-refractivity contribution in [2.45, 2.75) is 51.9 Å². The predicted molar refractivity (Wildman–Crippen MR) is 50.3 cm³/mol. The van der Waals surface area contributed by atoms with E-state index < -0.39 is 0 Å². The highest BCUT2D eigenvalue weighted by molar-refractivity contribution is 4.72. The quantitative estimate of drug-likeness (QED) is 0.578. The van der Waals surface area contributed by atoms with Gasteiger partial charge in [0.2, 0.25) is 0 Å².